The van der Waals surface area contributed by atoms with E-state index in [0.29, 0.717) is 6.10 Å². The Balaban J connectivity index is 2.17. The van der Waals surface area contributed by atoms with Crippen LogP contribution < -0.4 is 0 Å². The van der Waals surface area contributed by atoms with Gasteiger partial charge in [0.15, 0.2) is 0 Å². The summed E-state index contributed by atoms with van der Waals surface area (Å²) in [4.78, 5) is 0. The Kier molecular flexibility index (Phi) is 0.662. The minimum absolute atomic E-state index is 0.259. The van der Waals surface area contributed by atoms with E-state index in [4.69, 9.17) is 4.74 Å². The highest BCUT2D eigenvalue weighted by Crippen LogP contribution is 2.44. The molecule has 0 amide bonds. The van der Waals surface area contributed by atoms with E-state index in [-0.39, 0.29) is 5.60 Å². The Bertz CT molecular complexity index is 139. The average Bonchev–Trinajstić information content (AvgIpc) is 2.39. The first-order chi connectivity index (χ1) is 3.81. The van der Waals surface area contributed by atoms with Crippen LogP contribution in [0.1, 0.15) is 19.8 Å². The van der Waals surface area contributed by atoms with Gasteiger partial charge in [-0.3, -0.25) is 0 Å². The molecule has 1 saturated heterocycles. The topological polar surface area (TPSA) is 12.5 Å². The van der Waals surface area contributed by atoms with Crippen LogP contribution in [0.25, 0.3) is 0 Å². The first-order valence-electron chi connectivity index (χ1n) is 3.14. The summed E-state index contributed by atoms with van der Waals surface area (Å²) in [6.45, 7) is 2.18. The average molecular weight is 110 g/mol. The maximum atomic E-state index is 5.40. The largest absolute Gasteiger partial charge is 0.366 e. The van der Waals surface area contributed by atoms with Crippen LogP contribution in [0.4, 0.5) is 0 Å². The summed E-state index contributed by atoms with van der Waals surface area (Å²) in [7, 11) is 0. The molecule has 1 aliphatic carbocycles. The van der Waals surface area contributed by atoms with E-state index in [9.17, 15) is 0 Å². The maximum Gasteiger partial charge on any atom is 0.0957 e. The van der Waals surface area contributed by atoms with Gasteiger partial charge in [-0.1, -0.05) is 12.2 Å². The zero-order valence-electron chi connectivity index (χ0n) is 5.05. The van der Waals surface area contributed by atoms with Crippen LogP contribution in [0, 0.1) is 0 Å². The Morgan fingerprint density at radius 1 is 1.62 bits per heavy atom. The molecule has 0 spiro atoms. The minimum Gasteiger partial charge on any atom is -0.366 e. The lowest BCUT2D eigenvalue weighted by Gasteiger charge is -2.03. The predicted molar refractivity (Wildman–Crippen MR) is 31.7 cm³/mol. The second-order valence-electron chi connectivity index (χ2n) is 2.83. The summed E-state index contributed by atoms with van der Waals surface area (Å²) < 4.78 is 5.40. The monoisotopic (exact) mass is 110 g/mol. The standard InChI is InChI=1S/C7H10O/c1-7-5-3-2-4-6(7)8-7/h2-3,6H,4-5H2,1H3/t6-,7+/m1/s1. The molecular formula is C7H10O. The fourth-order valence-corrected chi connectivity index (χ4v) is 1.31. The fourth-order valence-electron chi connectivity index (χ4n) is 1.31. The third kappa shape index (κ3) is 0.451. The van der Waals surface area contributed by atoms with Gasteiger partial charge in [-0.2, -0.15) is 0 Å². The molecule has 2 atom stereocenters. The van der Waals surface area contributed by atoms with Crippen molar-refractivity contribution in [3.05, 3.63) is 12.2 Å². The first kappa shape index (κ1) is 4.57. The molecule has 1 aliphatic heterocycles. The molecule has 1 heterocycles. The summed E-state index contributed by atoms with van der Waals surface area (Å²) in [5.41, 5.74) is 0.259. The lowest BCUT2D eigenvalue weighted by Crippen LogP contribution is -2.10. The van der Waals surface area contributed by atoms with Crippen LogP contribution in [-0.2, 0) is 4.74 Å². The second-order valence-corrected chi connectivity index (χ2v) is 2.83. The highest BCUT2D eigenvalue weighted by Gasteiger charge is 2.51. The third-order valence-electron chi connectivity index (χ3n) is 2.08. The Morgan fingerprint density at radius 3 is 3.00 bits per heavy atom. The molecule has 0 unspecified atom stereocenters. The first-order valence-corrected chi connectivity index (χ1v) is 3.14. The summed E-state index contributed by atoms with van der Waals surface area (Å²) in [6.07, 6.45) is 7.24. The van der Waals surface area contributed by atoms with Crippen molar-refractivity contribution in [2.24, 2.45) is 0 Å². The third-order valence-corrected chi connectivity index (χ3v) is 2.08. The predicted octanol–water partition coefficient (Wildman–Crippen LogP) is 1.49. The van der Waals surface area contributed by atoms with Crippen molar-refractivity contribution in [3.8, 4) is 0 Å². The number of hydrogen-bond donors (Lipinski definition) is 0. The van der Waals surface area contributed by atoms with Gasteiger partial charge in [0.2, 0.25) is 0 Å². The molecule has 1 nitrogen and oxygen atoms in total. The normalized spacial score (nSPS) is 50.9. The van der Waals surface area contributed by atoms with Gasteiger partial charge in [0.1, 0.15) is 0 Å². The van der Waals surface area contributed by atoms with Crippen LogP contribution in [0.2, 0.25) is 0 Å². The number of fused-ring (bicyclic) bond motifs is 1. The quantitative estimate of drug-likeness (QED) is 0.340. The molecule has 0 radical (unpaired) electrons. The van der Waals surface area contributed by atoms with Crippen molar-refractivity contribution in [2.75, 3.05) is 0 Å². The Hall–Kier alpha value is -0.300. The van der Waals surface area contributed by atoms with E-state index in [1.807, 2.05) is 0 Å². The number of ether oxygens (including phenoxy) is 1. The molecule has 0 saturated carbocycles. The molecule has 44 valence electrons. The van der Waals surface area contributed by atoms with E-state index in [0.717, 1.165) is 12.8 Å². The molecule has 0 aromatic heterocycles. The molecule has 1 heteroatoms. The molecule has 1 fully saturated rings. The molecule has 0 bridgehead atoms. The van der Waals surface area contributed by atoms with Crippen molar-refractivity contribution in [2.45, 2.75) is 31.5 Å². The molecular weight excluding hydrogens is 100 g/mol. The number of rotatable bonds is 0. The van der Waals surface area contributed by atoms with Gasteiger partial charge in [-0.15, -0.1) is 0 Å². The van der Waals surface area contributed by atoms with Crippen molar-refractivity contribution in [3.63, 3.8) is 0 Å². The van der Waals surface area contributed by atoms with Gasteiger partial charge in [-0.05, 0) is 19.8 Å². The van der Waals surface area contributed by atoms with Crippen molar-refractivity contribution < 1.29 is 4.74 Å². The zero-order valence-corrected chi connectivity index (χ0v) is 5.05. The van der Waals surface area contributed by atoms with E-state index < -0.39 is 0 Å². The SMILES string of the molecule is C[C@]12CC=CC[C@H]1O2. The Morgan fingerprint density at radius 2 is 2.50 bits per heavy atom. The minimum atomic E-state index is 0.259. The van der Waals surface area contributed by atoms with Crippen LogP contribution in [0.3, 0.4) is 0 Å². The molecule has 0 N–H and O–H groups in total. The summed E-state index contributed by atoms with van der Waals surface area (Å²) in [5.74, 6) is 0. The lowest BCUT2D eigenvalue weighted by atomic mass is 9.97. The van der Waals surface area contributed by atoms with E-state index >= 15 is 0 Å². The van der Waals surface area contributed by atoms with Gasteiger partial charge < -0.3 is 4.74 Å². The zero-order chi connectivity index (χ0) is 5.61. The van der Waals surface area contributed by atoms with Crippen LogP contribution in [0.5, 0.6) is 0 Å². The highest BCUT2D eigenvalue weighted by molar-refractivity contribution is 5.11. The molecule has 2 rings (SSSR count). The van der Waals surface area contributed by atoms with E-state index in [1.54, 1.807) is 0 Å². The van der Waals surface area contributed by atoms with Crippen LogP contribution in [-0.4, -0.2) is 11.7 Å². The maximum absolute atomic E-state index is 5.40. The van der Waals surface area contributed by atoms with Gasteiger partial charge in [-0.25, -0.2) is 0 Å². The van der Waals surface area contributed by atoms with E-state index in [1.165, 1.54) is 0 Å². The Labute approximate surface area is 49.3 Å². The number of epoxide rings is 1. The van der Waals surface area contributed by atoms with Gasteiger partial charge >= 0.3 is 0 Å². The van der Waals surface area contributed by atoms with E-state index in [2.05, 4.69) is 19.1 Å². The van der Waals surface area contributed by atoms with Gasteiger partial charge in [0.05, 0.1) is 11.7 Å². The summed E-state index contributed by atoms with van der Waals surface area (Å²) in [5, 5.41) is 0. The van der Waals surface area contributed by atoms with Crippen LogP contribution >= 0.6 is 0 Å². The van der Waals surface area contributed by atoms with Gasteiger partial charge in [0.25, 0.3) is 0 Å². The van der Waals surface area contributed by atoms with Gasteiger partial charge in [0, 0.05) is 0 Å². The molecule has 0 aromatic carbocycles. The van der Waals surface area contributed by atoms with Crippen molar-refractivity contribution >= 4 is 0 Å². The molecule has 0 aromatic rings. The second kappa shape index (κ2) is 1.16. The smallest absolute Gasteiger partial charge is 0.0957 e. The molecule has 8 heavy (non-hydrogen) atoms. The van der Waals surface area contributed by atoms with Crippen molar-refractivity contribution in [1.82, 2.24) is 0 Å². The molecule has 2 aliphatic rings. The summed E-state index contributed by atoms with van der Waals surface area (Å²) in [6, 6.07) is 0. The van der Waals surface area contributed by atoms with Crippen LogP contribution in [0.15, 0.2) is 12.2 Å². The number of hydrogen-bond acceptors (Lipinski definition) is 1. The lowest BCUT2D eigenvalue weighted by molar-refractivity contribution is 0.314. The highest BCUT2D eigenvalue weighted by atomic mass is 16.6. The summed E-state index contributed by atoms with van der Waals surface area (Å²) >= 11 is 0. The fraction of sp³-hybridized carbons (Fsp3) is 0.714. The van der Waals surface area contributed by atoms with Crippen molar-refractivity contribution in [1.29, 1.82) is 0 Å².